The number of hydrogen-bond acceptors (Lipinski definition) is 3. The standard InChI is InChI=1S/C14H24N2O3/c1-9(14(18)19)4-3-7-15-13(17)12-11-6-2-5-10(11)8-16-12/h9-12,16H,2-8H2,1H3,(H,15,17)(H,18,19). The van der Waals surface area contributed by atoms with Gasteiger partial charge in [0, 0.05) is 6.54 Å². The smallest absolute Gasteiger partial charge is 0.306 e. The second-order valence-corrected chi connectivity index (χ2v) is 5.91. The SMILES string of the molecule is CC(CCCNC(=O)C1NCC2CCCC21)C(=O)O. The predicted molar refractivity (Wildman–Crippen MR) is 71.7 cm³/mol. The van der Waals surface area contributed by atoms with Gasteiger partial charge in [0.1, 0.15) is 0 Å². The Hall–Kier alpha value is -1.10. The van der Waals surface area contributed by atoms with E-state index in [0.717, 1.165) is 19.4 Å². The lowest BCUT2D eigenvalue weighted by atomic mass is 9.93. The Labute approximate surface area is 114 Å². The molecule has 19 heavy (non-hydrogen) atoms. The van der Waals surface area contributed by atoms with Crippen LogP contribution in [-0.4, -0.2) is 36.1 Å². The third-order valence-electron chi connectivity index (χ3n) is 4.56. The lowest BCUT2D eigenvalue weighted by Gasteiger charge is -2.17. The van der Waals surface area contributed by atoms with Crippen LogP contribution in [0.2, 0.25) is 0 Å². The number of carboxylic acids is 1. The molecular formula is C14H24N2O3. The molecule has 0 radical (unpaired) electrons. The van der Waals surface area contributed by atoms with Crippen molar-refractivity contribution in [3.63, 3.8) is 0 Å². The van der Waals surface area contributed by atoms with Crippen molar-refractivity contribution >= 4 is 11.9 Å². The summed E-state index contributed by atoms with van der Waals surface area (Å²) in [5.41, 5.74) is 0. The zero-order chi connectivity index (χ0) is 13.8. The van der Waals surface area contributed by atoms with Gasteiger partial charge < -0.3 is 15.7 Å². The summed E-state index contributed by atoms with van der Waals surface area (Å²) in [6.07, 6.45) is 4.99. The fourth-order valence-electron chi connectivity index (χ4n) is 3.33. The molecule has 0 bridgehead atoms. The summed E-state index contributed by atoms with van der Waals surface area (Å²) in [5.74, 6) is 0.191. The molecule has 2 rings (SSSR count). The van der Waals surface area contributed by atoms with E-state index in [-0.39, 0.29) is 17.9 Å². The van der Waals surface area contributed by atoms with Crippen LogP contribution < -0.4 is 10.6 Å². The summed E-state index contributed by atoms with van der Waals surface area (Å²) >= 11 is 0. The van der Waals surface area contributed by atoms with Crippen LogP contribution in [0.15, 0.2) is 0 Å². The number of aliphatic carboxylic acids is 1. The third kappa shape index (κ3) is 3.47. The molecular weight excluding hydrogens is 244 g/mol. The Balaban J connectivity index is 1.66. The number of carbonyl (C=O) groups excluding carboxylic acids is 1. The molecule has 0 aromatic heterocycles. The molecule has 1 saturated heterocycles. The average Bonchev–Trinajstić information content (AvgIpc) is 2.95. The van der Waals surface area contributed by atoms with Crippen molar-refractivity contribution in [2.24, 2.45) is 17.8 Å². The Kier molecular flexibility index (Phi) is 4.80. The fourth-order valence-corrected chi connectivity index (χ4v) is 3.33. The highest BCUT2D eigenvalue weighted by atomic mass is 16.4. The van der Waals surface area contributed by atoms with Gasteiger partial charge in [-0.2, -0.15) is 0 Å². The lowest BCUT2D eigenvalue weighted by molar-refractivity contribution is -0.141. The first-order valence-corrected chi connectivity index (χ1v) is 7.33. The molecule has 4 atom stereocenters. The van der Waals surface area contributed by atoms with Gasteiger partial charge in [0.15, 0.2) is 0 Å². The van der Waals surface area contributed by atoms with Gasteiger partial charge in [-0.3, -0.25) is 9.59 Å². The molecule has 5 nitrogen and oxygen atoms in total. The number of amides is 1. The fraction of sp³-hybridized carbons (Fsp3) is 0.857. The Morgan fingerprint density at radius 1 is 1.42 bits per heavy atom. The Bertz CT molecular complexity index is 346. The number of carboxylic acid groups (broad SMARTS) is 1. The van der Waals surface area contributed by atoms with E-state index in [9.17, 15) is 9.59 Å². The second kappa shape index (κ2) is 6.37. The van der Waals surface area contributed by atoms with Crippen LogP contribution in [0.1, 0.15) is 39.0 Å². The van der Waals surface area contributed by atoms with Gasteiger partial charge in [-0.15, -0.1) is 0 Å². The highest BCUT2D eigenvalue weighted by Gasteiger charge is 2.42. The average molecular weight is 268 g/mol. The molecule has 0 aromatic carbocycles. The Morgan fingerprint density at radius 2 is 2.21 bits per heavy atom. The molecule has 2 aliphatic rings. The van der Waals surface area contributed by atoms with Crippen molar-refractivity contribution in [3.8, 4) is 0 Å². The molecule has 1 aliphatic carbocycles. The molecule has 3 N–H and O–H groups in total. The topological polar surface area (TPSA) is 78.4 Å². The maximum Gasteiger partial charge on any atom is 0.306 e. The van der Waals surface area contributed by atoms with Crippen molar-refractivity contribution in [2.75, 3.05) is 13.1 Å². The highest BCUT2D eigenvalue weighted by molar-refractivity contribution is 5.82. The number of carbonyl (C=O) groups is 2. The van der Waals surface area contributed by atoms with Gasteiger partial charge in [0.05, 0.1) is 12.0 Å². The second-order valence-electron chi connectivity index (χ2n) is 5.91. The molecule has 1 saturated carbocycles. The van der Waals surface area contributed by atoms with E-state index in [1.54, 1.807) is 6.92 Å². The summed E-state index contributed by atoms with van der Waals surface area (Å²) in [4.78, 5) is 22.7. The van der Waals surface area contributed by atoms with Crippen LogP contribution in [0, 0.1) is 17.8 Å². The van der Waals surface area contributed by atoms with E-state index in [2.05, 4.69) is 10.6 Å². The molecule has 1 amide bonds. The normalized spacial score (nSPS) is 30.9. The van der Waals surface area contributed by atoms with Gasteiger partial charge >= 0.3 is 5.97 Å². The van der Waals surface area contributed by atoms with E-state index in [4.69, 9.17) is 5.11 Å². The molecule has 1 heterocycles. The van der Waals surface area contributed by atoms with Crippen LogP contribution >= 0.6 is 0 Å². The maximum atomic E-state index is 12.1. The summed E-state index contributed by atoms with van der Waals surface area (Å²) in [7, 11) is 0. The van der Waals surface area contributed by atoms with Crippen LogP contribution in [0.5, 0.6) is 0 Å². The zero-order valence-corrected chi connectivity index (χ0v) is 11.5. The molecule has 0 spiro atoms. The minimum atomic E-state index is -0.766. The lowest BCUT2D eigenvalue weighted by Crippen LogP contribution is -2.44. The van der Waals surface area contributed by atoms with Crippen molar-refractivity contribution in [2.45, 2.75) is 45.1 Å². The van der Waals surface area contributed by atoms with Crippen LogP contribution in [0.4, 0.5) is 0 Å². The van der Waals surface area contributed by atoms with Gasteiger partial charge in [0.2, 0.25) is 5.91 Å². The maximum absolute atomic E-state index is 12.1. The van der Waals surface area contributed by atoms with E-state index < -0.39 is 5.97 Å². The number of rotatable bonds is 6. The minimum Gasteiger partial charge on any atom is -0.481 e. The number of nitrogens with one attached hydrogen (secondary N) is 2. The largest absolute Gasteiger partial charge is 0.481 e. The van der Waals surface area contributed by atoms with E-state index in [1.807, 2.05) is 0 Å². The van der Waals surface area contributed by atoms with Gasteiger partial charge in [-0.05, 0) is 44.1 Å². The van der Waals surface area contributed by atoms with Crippen LogP contribution in [-0.2, 0) is 9.59 Å². The summed E-state index contributed by atoms with van der Waals surface area (Å²) in [5, 5.41) is 15.0. The minimum absolute atomic E-state index is 0.0237. The first-order chi connectivity index (χ1) is 9.09. The van der Waals surface area contributed by atoms with Crippen molar-refractivity contribution < 1.29 is 14.7 Å². The van der Waals surface area contributed by atoms with Gasteiger partial charge in [0.25, 0.3) is 0 Å². The number of hydrogen-bond donors (Lipinski definition) is 3. The van der Waals surface area contributed by atoms with E-state index >= 15 is 0 Å². The predicted octanol–water partition coefficient (Wildman–Crippen LogP) is 0.992. The molecule has 1 aliphatic heterocycles. The number of fused-ring (bicyclic) bond motifs is 1. The molecule has 5 heteroatoms. The Morgan fingerprint density at radius 3 is 2.95 bits per heavy atom. The highest BCUT2D eigenvalue weighted by Crippen LogP contribution is 2.37. The van der Waals surface area contributed by atoms with E-state index in [1.165, 1.54) is 12.8 Å². The van der Waals surface area contributed by atoms with E-state index in [0.29, 0.717) is 24.8 Å². The van der Waals surface area contributed by atoms with Crippen LogP contribution in [0.25, 0.3) is 0 Å². The van der Waals surface area contributed by atoms with Crippen molar-refractivity contribution in [3.05, 3.63) is 0 Å². The van der Waals surface area contributed by atoms with Crippen LogP contribution in [0.3, 0.4) is 0 Å². The summed E-state index contributed by atoms with van der Waals surface area (Å²) in [6, 6.07) is -0.0237. The molecule has 108 valence electrons. The quantitative estimate of drug-likeness (QED) is 0.628. The first kappa shape index (κ1) is 14.3. The van der Waals surface area contributed by atoms with Gasteiger partial charge in [-0.25, -0.2) is 0 Å². The van der Waals surface area contributed by atoms with Crippen molar-refractivity contribution in [1.29, 1.82) is 0 Å². The zero-order valence-electron chi connectivity index (χ0n) is 11.5. The summed E-state index contributed by atoms with van der Waals surface area (Å²) in [6.45, 7) is 3.25. The third-order valence-corrected chi connectivity index (χ3v) is 4.56. The molecule has 2 fully saturated rings. The molecule has 4 unspecified atom stereocenters. The first-order valence-electron chi connectivity index (χ1n) is 7.33. The monoisotopic (exact) mass is 268 g/mol. The summed E-state index contributed by atoms with van der Waals surface area (Å²) < 4.78 is 0. The van der Waals surface area contributed by atoms with Crippen molar-refractivity contribution in [1.82, 2.24) is 10.6 Å². The van der Waals surface area contributed by atoms with Gasteiger partial charge in [-0.1, -0.05) is 13.3 Å². The molecule has 0 aromatic rings.